The first kappa shape index (κ1) is 16.6. The molecular formula is C14H17F3N2O3. The van der Waals surface area contributed by atoms with Crippen molar-refractivity contribution in [2.45, 2.75) is 32.0 Å². The van der Waals surface area contributed by atoms with Gasteiger partial charge in [-0.1, -0.05) is 12.1 Å². The van der Waals surface area contributed by atoms with Gasteiger partial charge in [-0.2, -0.15) is 0 Å². The molecule has 1 aliphatic heterocycles. The molecule has 5 nitrogen and oxygen atoms in total. The lowest BCUT2D eigenvalue weighted by Crippen LogP contribution is -2.55. The number of rotatable bonds is 4. The Hall–Kier alpha value is -1.80. The SMILES string of the molecule is C[C@H]1OCCN[C@@H]1C(=O)NCc1ccc(OC(F)(F)F)cc1. The highest BCUT2D eigenvalue weighted by Gasteiger charge is 2.31. The third-order valence-electron chi connectivity index (χ3n) is 3.22. The molecule has 2 rings (SSSR count). The fourth-order valence-corrected chi connectivity index (χ4v) is 2.14. The van der Waals surface area contributed by atoms with Crippen molar-refractivity contribution >= 4 is 5.91 Å². The summed E-state index contributed by atoms with van der Waals surface area (Å²) in [6.07, 6.45) is -4.94. The van der Waals surface area contributed by atoms with Crippen LogP contribution in [0.2, 0.25) is 0 Å². The Balaban J connectivity index is 1.85. The lowest BCUT2D eigenvalue weighted by Gasteiger charge is -2.29. The molecule has 1 heterocycles. The number of morpholine rings is 1. The number of benzene rings is 1. The van der Waals surface area contributed by atoms with Gasteiger partial charge >= 0.3 is 6.36 Å². The molecule has 0 aliphatic carbocycles. The zero-order chi connectivity index (χ0) is 16.2. The van der Waals surface area contributed by atoms with E-state index in [1.54, 1.807) is 6.92 Å². The fourth-order valence-electron chi connectivity index (χ4n) is 2.14. The van der Waals surface area contributed by atoms with Gasteiger partial charge in [-0.15, -0.1) is 13.2 Å². The Labute approximate surface area is 125 Å². The number of carbonyl (C=O) groups is 1. The van der Waals surface area contributed by atoms with E-state index in [0.29, 0.717) is 18.7 Å². The van der Waals surface area contributed by atoms with Crippen LogP contribution in [0.3, 0.4) is 0 Å². The maximum absolute atomic E-state index is 12.0. The summed E-state index contributed by atoms with van der Waals surface area (Å²) in [5.74, 6) is -0.499. The highest BCUT2D eigenvalue weighted by Crippen LogP contribution is 2.22. The standard InChI is InChI=1S/C14H17F3N2O3/c1-9-12(18-6-7-21-9)13(20)19-8-10-2-4-11(5-3-10)22-14(15,16)17/h2-5,9,12,18H,6-8H2,1H3,(H,19,20)/t9-,12+/m1/s1. The molecule has 0 aromatic heterocycles. The number of hydrogen-bond acceptors (Lipinski definition) is 4. The summed E-state index contributed by atoms with van der Waals surface area (Å²) in [5.41, 5.74) is 0.673. The molecule has 1 saturated heterocycles. The van der Waals surface area contributed by atoms with E-state index in [9.17, 15) is 18.0 Å². The van der Waals surface area contributed by atoms with Crippen LogP contribution in [0.15, 0.2) is 24.3 Å². The van der Waals surface area contributed by atoms with Gasteiger partial charge in [0.2, 0.25) is 5.91 Å². The topological polar surface area (TPSA) is 59.6 Å². The zero-order valence-corrected chi connectivity index (χ0v) is 11.9. The van der Waals surface area contributed by atoms with Crippen molar-refractivity contribution in [2.24, 2.45) is 0 Å². The number of amides is 1. The van der Waals surface area contributed by atoms with Gasteiger partial charge in [0.25, 0.3) is 0 Å². The highest BCUT2D eigenvalue weighted by atomic mass is 19.4. The first-order valence-corrected chi connectivity index (χ1v) is 6.82. The average Bonchev–Trinajstić information content (AvgIpc) is 2.45. The summed E-state index contributed by atoms with van der Waals surface area (Å²) in [6, 6.07) is 4.92. The molecule has 0 bridgehead atoms. The number of halogens is 3. The minimum absolute atomic E-state index is 0.206. The Morgan fingerprint density at radius 2 is 2.09 bits per heavy atom. The largest absolute Gasteiger partial charge is 0.573 e. The normalized spacial score (nSPS) is 22.2. The smallest absolute Gasteiger partial charge is 0.406 e. The zero-order valence-electron chi connectivity index (χ0n) is 11.9. The van der Waals surface area contributed by atoms with Gasteiger partial charge in [-0.25, -0.2) is 0 Å². The average molecular weight is 318 g/mol. The van der Waals surface area contributed by atoms with E-state index in [4.69, 9.17) is 4.74 Å². The monoisotopic (exact) mass is 318 g/mol. The van der Waals surface area contributed by atoms with Crippen molar-refractivity contribution in [3.05, 3.63) is 29.8 Å². The van der Waals surface area contributed by atoms with Crippen molar-refractivity contribution < 1.29 is 27.4 Å². The molecule has 0 unspecified atom stereocenters. The van der Waals surface area contributed by atoms with Crippen LogP contribution in [0.25, 0.3) is 0 Å². The molecule has 1 fully saturated rings. The van der Waals surface area contributed by atoms with Gasteiger partial charge in [-0.05, 0) is 24.6 Å². The molecule has 0 radical (unpaired) electrons. The van der Waals surface area contributed by atoms with Crippen LogP contribution in [-0.2, 0) is 16.1 Å². The van der Waals surface area contributed by atoms with Gasteiger partial charge in [0.15, 0.2) is 0 Å². The van der Waals surface area contributed by atoms with Crippen molar-refractivity contribution in [1.29, 1.82) is 0 Å². The van der Waals surface area contributed by atoms with Crippen LogP contribution in [0.5, 0.6) is 5.75 Å². The lowest BCUT2D eigenvalue weighted by atomic mass is 10.1. The lowest BCUT2D eigenvalue weighted by molar-refractivity contribution is -0.274. The van der Waals surface area contributed by atoms with E-state index in [0.717, 1.165) is 0 Å². The molecule has 0 spiro atoms. The van der Waals surface area contributed by atoms with Gasteiger partial charge in [0.1, 0.15) is 11.8 Å². The third-order valence-corrected chi connectivity index (χ3v) is 3.22. The molecule has 1 aromatic carbocycles. The van der Waals surface area contributed by atoms with Gasteiger partial charge in [0.05, 0.1) is 12.7 Å². The molecule has 1 aromatic rings. The maximum Gasteiger partial charge on any atom is 0.573 e. The van der Waals surface area contributed by atoms with E-state index in [-0.39, 0.29) is 24.3 Å². The molecule has 8 heteroatoms. The number of ether oxygens (including phenoxy) is 2. The van der Waals surface area contributed by atoms with Crippen molar-refractivity contribution in [2.75, 3.05) is 13.2 Å². The first-order chi connectivity index (χ1) is 10.3. The summed E-state index contributed by atoms with van der Waals surface area (Å²) in [4.78, 5) is 12.0. The second kappa shape index (κ2) is 6.97. The minimum atomic E-state index is -4.71. The van der Waals surface area contributed by atoms with Crippen molar-refractivity contribution in [3.8, 4) is 5.75 Å². The Morgan fingerprint density at radius 1 is 1.41 bits per heavy atom. The Kier molecular flexibility index (Phi) is 5.25. The van der Waals surface area contributed by atoms with E-state index in [1.165, 1.54) is 24.3 Å². The van der Waals surface area contributed by atoms with Crippen molar-refractivity contribution in [3.63, 3.8) is 0 Å². The van der Waals surface area contributed by atoms with E-state index in [2.05, 4.69) is 15.4 Å². The summed E-state index contributed by atoms with van der Waals surface area (Å²) in [7, 11) is 0. The molecule has 1 aliphatic rings. The Bertz CT molecular complexity index is 505. The van der Waals surface area contributed by atoms with Crippen LogP contribution < -0.4 is 15.4 Å². The van der Waals surface area contributed by atoms with Crippen LogP contribution >= 0.6 is 0 Å². The van der Waals surface area contributed by atoms with Crippen LogP contribution in [-0.4, -0.2) is 37.6 Å². The van der Waals surface area contributed by atoms with Gasteiger partial charge < -0.3 is 20.1 Å². The molecule has 0 saturated carbocycles. The van der Waals surface area contributed by atoms with Crippen molar-refractivity contribution in [1.82, 2.24) is 10.6 Å². The second-order valence-electron chi connectivity index (χ2n) is 4.92. The predicted octanol–water partition coefficient (Wildman–Crippen LogP) is 1.58. The molecule has 22 heavy (non-hydrogen) atoms. The van der Waals surface area contributed by atoms with Crippen LogP contribution in [0, 0.1) is 0 Å². The number of carbonyl (C=O) groups excluding carboxylic acids is 1. The first-order valence-electron chi connectivity index (χ1n) is 6.82. The predicted molar refractivity (Wildman–Crippen MR) is 72.2 cm³/mol. The van der Waals surface area contributed by atoms with Crippen LogP contribution in [0.4, 0.5) is 13.2 Å². The minimum Gasteiger partial charge on any atom is -0.406 e. The maximum atomic E-state index is 12.0. The number of alkyl halides is 3. The summed E-state index contributed by atoms with van der Waals surface area (Å²) >= 11 is 0. The number of hydrogen-bond donors (Lipinski definition) is 2. The van der Waals surface area contributed by atoms with E-state index in [1.807, 2.05) is 0 Å². The van der Waals surface area contributed by atoms with Gasteiger partial charge in [-0.3, -0.25) is 4.79 Å². The fraction of sp³-hybridized carbons (Fsp3) is 0.500. The molecule has 1 amide bonds. The molecular weight excluding hydrogens is 301 g/mol. The highest BCUT2D eigenvalue weighted by molar-refractivity contribution is 5.82. The van der Waals surface area contributed by atoms with Gasteiger partial charge in [0, 0.05) is 13.1 Å². The summed E-state index contributed by atoms with van der Waals surface area (Å²) in [5, 5.41) is 5.78. The Morgan fingerprint density at radius 3 is 2.68 bits per heavy atom. The quantitative estimate of drug-likeness (QED) is 0.885. The number of nitrogens with one attached hydrogen (secondary N) is 2. The van der Waals surface area contributed by atoms with Crippen LogP contribution in [0.1, 0.15) is 12.5 Å². The van der Waals surface area contributed by atoms with E-state index < -0.39 is 12.4 Å². The van der Waals surface area contributed by atoms with E-state index >= 15 is 0 Å². The molecule has 2 N–H and O–H groups in total. The molecule has 2 atom stereocenters. The molecule has 122 valence electrons. The third kappa shape index (κ3) is 4.88. The summed E-state index contributed by atoms with van der Waals surface area (Å²) in [6.45, 7) is 3.19. The second-order valence-corrected chi connectivity index (χ2v) is 4.92. The summed E-state index contributed by atoms with van der Waals surface area (Å²) < 4.78 is 45.3.